The Bertz CT molecular complexity index is 677. The predicted molar refractivity (Wildman–Crippen MR) is 53.9 cm³/mol. The van der Waals surface area contributed by atoms with Crippen LogP contribution in [0.2, 0.25) is 0 Å². The third-order valence-electron chi connectivity index (χ3n) is 1.34. The Morgan fingerprint density at radius 1 is 0.480 bits per heavy atom. The lowest BCUT2D eigenvalue weighted by Gasteiger charge is -2.15. The number of hydrogen-bond acceptors (Lipinski definition) is 9. The van der Waals surface area contributed by atoms with Crippen molar-refractivity contribution < 1.29 is 77.3 Å². The maximum Gasteiger partial charge on any atom is 0.908 e. The summed E-state index contributed by atoms with van der Waals surface area (Å²) in [5.41, 5.74) is 0. The first-order chi connectivity index (χ1) is 10.5. The van der Waals surface area contributed by atoms with Gasteiger partial charge >= 0.3 is 29.8 Å². The van der Waals surface area contributed by atoms with Gasteiger partial charge in [-0.25, -0.2) is 25.3 Å². The minimum atomic E-state index is -7.15. The zero-order chi connectivity index (χ0) is 20.7. The van der Waals surface area contributed by atoms with Crippen LogP contribution in [0.3, 0.4) is 0 Å². The van der Waals surface area contributed by atoms with E-state index in [0.29, 0.717) is 0 Å². The molecule has 0 saturated heterocycles. The van der Waals surface area contributed by atoms with Gasteiger partial charge in [0.25, 0.3) is 0 Å². The lowest BCUT2D eigenvalue weighted by molar-refractivity contribution is -0.271. The van der Waals surface area contributed by atoms with Gasteiger partial charge in [-0.2, -0.15) is 12.5 Å². The highest BCUT2D eigenvalue weighted by molar-refractivity contribution is 8.66. The molecule has 0 bridgehead atoms. The third kappa shape index (κ3) is 8.71. The largest absolute Gasteiger partial charge is 0.908 e. The molecule has 25 heavy (non-hydrogen) atoms. The Morgan fingerprint density at radius 2 is 0.640 bits per heavy atom. The molecule has 0 rings (SSSR count). The Kier molecular flexibility index (Phi) is 6.88. The van der Waals surface area contributed by atoms with Crippen LogP contribution >= 0.6 is 0 Å². The molecule has 22 heteroatoms. The SMILES string of the molecule is O=[S](=O)(OC(F)(F)F)[Al]([S](=O)(=O)OC(F)(F)F)[S](=O)(=O)OC(F)(F)F. The molecule has 0 saturated carbocycles. The van der Waals surface area contributed by atoms with E-state index in [1.54, 1.807) is 0 Å². The van der Waals surface area contributed by atoms with Gasteiger partial charge in [0.2, 0.25) is 25.5 Å². The van der Waals surface area contributed by atoms with Crippen LogP contribution in [0.25, 0.3) is 0 Å². The van der Waals surface area contributed by atoms with Gasteiger partial charge in [-0.1, -0.05) is 0 Å². The molecule has 0 amide bonds. The highest BCUT2D eigenvalue weighted by Crippen LogP contribution is 2.31. The average molecular weight is 474 g/mol. The lowest BCUT2D eigenvalue weighted by atomic mass is 11.4. The van der Waals surface area contributed by atoms with Crippen molar-refractivity contribution in [3.63, 3.8) is 0 Å². The van der Waals surface area contributed by atoms with Gasteiger partial charge in [-0.15, -0.1) is 39.5 Å². The molecule has 0 aromatic heterocycles. The van der Waals surface area contributed by atoms with Crippen molar-refractivity contribution in [1.82, 2.24) is 0 Å². The van der Waals surface area contributed by atoms with Gasteiger partial charge < -0.3 is 0 Å². The van der Waals surface area contributed by atoms with Crippen LogP contribution in [0.4, 0.5) is 39.5 Å². The van der Waals surface area contributed by atoms with Crippen LogP contribution in [0.5, 0.6) is 0 Å². The minimum absolute atomic E-state index is 2.07. The topological polar surface area (TPSA) is 130 Å². The zero-order valence-electron chi connectivity index (χ0n) is 10.4. The first-order valence-corrected chi connectivity index (χ1v) is 13.2. The van der Waals surface area contributed by atoms with Crippen molar-refractivity contribution in [2.75, 3.05) is 0 Å². The van der Waals surface area contributed by atoms with Gasteiger partial charge in [0, 0.05) is 0 Å². The molecular formula is C3AlF9O9S3. The van der Waals surface area contributed by atoms with Crippen LogP contribution < -0.4 is 0 Å². The first-order valence-electron chi connectivity index (χ1n) is 4.52. The summed E-state index contributed by atoms with van der Waals surface area (Å²) in [4.78, 5) is 0. The number of halogens is 9. The van der Waals surface area contributed by atoms with E-state index in [4.69, 9.17) is 0 Å². The summed E-state index contributed by atoms with van der Waals surface area (Å²) in [6.45, 7) is 0. The fourth-order valence-electron chi connectivity index (χ4n) is 0.946. The molecule has 9 nitrogen and oxygen atoms in total. The monoisotopic (exact) mass is 474 g/mol. The van der Waals surface area contributed by atoms with E-state index in [-0.39, 0.29) is 0 Å². The highest BCUT2D eigenvalue weighted by Gasteiger charge is 2.73. The van der Waals surface area contributed by atoms with Crippen molar-refractivity contribution >= 4 is 36.2 Å². The van der Waals surface area contributed by atoms with Gasteiger partial charge in [-0.05, 0) is 0 Å². The summed E-state index contributed by atoms with van der Waals surface area (Å²) in [6.07, 6.45) is -19.2. The van der Waals surface area contributed by atoms with E-state index in [2.05, 4.69) is 12.5 Å². The molecule has 0 atom stereocenters. The molecule has 0 aliphatic carbocycles. The lowest BCUT2D eigenvalue weighted by Crippen LogP contribution is -2.49. The van der Waals surface area contributed by atoms with Gasteiger partial charge in [0.1, 0.15) is 0 Å². The zero-order valence-corrected chi connectivity index (χ0v) is 14.0. The summed E-state index contributed by atoms with van der Waals surface area (Å²) in [5, 5.41) is 0. The fraction of sp³-hybridized carbons (Fsp3) is 1.00. The molecule has 0 N–H and O–H groups in total. The van der Waals surface area contributed by atoms with E-state index in [1.165, 1.54) is 0 Å². The van der Waals surface area contributed by atoms with Crippen LogP contribution in [0.1, 0.15) is 0 Å². The normalized spacial score (nSPS) is 15.2. The second kappa shape index (κ2) is 6.98. The molecule has 150 valence electrons. The summed E-state index contributed by atoms with van der Waals surface area (Å²) < 4.78 is 179. The standard InChI is InChI=1S/3CF3O3S.Al/c3*2-1(3,4)7-8(5)6;. The van der Waals surface area contributed by atoms with Crippen molar-refractivity contribution in [2.24, 2.45) is 0 Å². The molecular weight excluding hydrogens is 474 g/mol. The highest BCUT2D eigenvalue weighted by atomic mass is 32.7. The Hall–Kier alpha value is -0.368. The van der Waals surface area contributed by atoms with Crippen molar-refractivity contribution in [2.45, 2.75) is 19.1 Å². The molecule has 0 aromatic rings. The average Bonchev–Trinajstić information content (AvgIpc) is 1.98. The first kappa shape index (κ1) is 24.6. The molecule has 0 spiro atoms. The Labute approximate surface area is 133 Å². The summed E-state index contributed by atoms with van der Waals surface area (Å²) >= 11 is 0. The van der Waals surface area contributed by atoms with Gasteiger partial charge in [0.15, 0.2) is 0 Å². The molecule has 0 aliphatic heterocycles. The van der Waals surface area contributed by atoms with Crippen LogP contribution in [0, 0.1) is 0 Å². The van der Waals surface area contributed by atoms with E-state index in [1.807, 2.05) is 0 Å². The van der Waals surface area contributed by atoms with Crippen molar-refractivity contribution in [3.8, 4) is 0 Å². The maximum atomic E-state index is 11.9. The van der Waals surface area contributed by atoms with E-state index < -0.39 is 55.3 Å². The third-order valence-corrected chi connectivity index (χ3v) is 21.9. The summed E-state index contributed by atoms with van der Waals surface area (Å²) in [7, 11) is -28.5. The second-order valence-electron chi connectivity index (χ2n) is 3.35. The molecule has 0 aliphatic rings. The van der Waals surface area contributed by atoms with Crippen LogP contribution in [-0.2, 0) is 38.0 Å². The number of rotatable bonds is 6. The second-order valence-corrected chi connectivity index (χ2v) is 19.5. The molecule has 0 aromatic carbocycles. The fourth-order valence-corrected chi connectivity index (χ4v) is 17.0. The summed E-state index contributed by atoms with van der Waals surface area (Å²) in [6, 6.07) is 0. The quantitative estimate of drug-likeness (QED) is 0.401. The maximum absolute atomic E-state index is 11.9. The van der Waals surface area contributed by atoms with Crippen LogP contribution in [0.15, 0.2) is 0 Å². The molecule has 0 radical (unpaired) electrons. The van der Waals surface area contributed by atoms with Crippen molar-refractivity contribution in [3.05, 3.63) is 0 Å². The minimum Gasteiger partial charge on any atom is -0.221 e. The molecule has 0 unspecified atom stereocenters. The number of hydrogen-bond donors (Lipinski definition) is 0. The summed E-state index contributed by atoms with van der Waals surface area (Å²) in [5.74, 6) is 0. The van der Waals surface area contributed by atoms with E-state index >= 15 is 0 Å². The van der Waals surface area contributed by atoms with Gasteiger partial charge in [-0.3, -0.25) is 0 Å². The van der Waals surface area contributed by atoms with Crippen molar-refractivity contribution in [1.29, 1.82) is 0 Å². The molecule has 0 fully saturated rings. The van der Waals surface area contributed by atoms with Gasteiger partial charge in [0.05, 0.1) is 0 Å². The van der Waals surface area contributed by atoms with Crippen LogP contribution in [-0.4, -0.2) is 55.1 Å². The number of alkyl halides is 9. The molecule has 0 heterocycles. The predicted octanol–water partition coefficient (Wildman–Crippen LogP) is 0.570. The Morgan fingerprint density at radius 3 is 0.760 bits per heavy atom. The smallest absolute Gasteiger partial charge is 0.221 e. The Balaban J connectivity index is 6.47. The van der Waals surface area contributed by atoms with E-state index in [9.17, 15) is 64.8 Å². The van der Waals surface area contributed by atoms with E-state index in [0.717, 1.165) is 0 Å².